The largest absolute Gasteiger partial charge is 0.451 e. The van der Waals surface area contributed by atoms with Crippen molar-refractivity contribution >= 4 is 23.3 Å². The second-order valence-electron chi connectivity index (χ2n) is 7.62. The zero-order chi connectivity index (χ0) is 20.2. The molecule has 0 atom stereocenters. The van der Waals surface area contributed by atoms with E-state index in [-0.39, 0.29) is 5.91 Å². The molecular weight excluding hydrogens is 374 g/mol. The summed E-state index contributed by atoms with van der Waals surface area (Å²) in [6, 6.07) is 5.34. The maximum Gasteiger partial charge on any atom is 0.340 e. The Morgan fingerprint density at radius 3 is 2.72 bits per heavy atom. The number of hydrogen-bond donors (Lipinski definition) is 0. The molecule has 0 unspecified atom stereocenters. The van der Waals surface area contributed by atoms with Crippen LogP contribution in [0.25, 0.3) is 5.65 Å². The van der Waals surface area contributed by atoms with Crippen LogP contribution in [0.15, 0.2) is 30.6 Å². The van der Waals surface area contributed by atoms with Gasteiger partial charge in [0.05, 0.1) is 23.5 Å². The van der Waals surface area contributed by atoms with E-state index in [1.807, 2.05) is 19.9 Å². The number of ether oxygens (including phenoxy) is 1. The smallest absolute Gasteiger partial charge is 0.340 e. The number of anilines is 1. The summed E-state index contributed by atoms with van der Waals surface area (Å²) in [4.78, 5) is 33.6. The lowest BCUT2D eigenvalue weighted by molar-refractivity contribution is 0.00942. The molecule has 0 N–H and O–H groups in total. The quantitative estimate of drug-likeness (QED) is 0.591. The summed E-state index contributed by atoms with van der Waals surface area (Å²) in [6.45, 7) is 5.91. The van der Waals surface area contributed by atoms with E-state index in [9.17, 15) is 9.59 Å². The van der Waals surface area contributed by atoms with Crippen molar-refractivity contribution in [3.05, 3.63) is 47.3 Å². The van der Waals surface area contributed by atoms with E-state index < -0.39 is 11.6 Å². The van der Waals surface area contributed by atoms with Gasteiger partial charge in [-0.25, -0.2) is 4.79 Å². The molecule has 1 fully saturated rings. The van der Waals surface area contributed by atoms with E-state index in [0.717, 1.165) is 11.4 Å². The third kappa shape index (κ3) is 2.71. The summed E-state index contributed by atoms with van der Waals surface area (Å²) < 4.78 is 7.09. The highest BCUT2D eigenvalue weighted by atomic mass is 16.6. The Morgan fingerprint density at radius 2 is 1.93 bits per heavy atom. The molecule has 0 radical (unpaired) electrons. The fourth-order valence-corrected chi connectivity index (χ4v) is 3.98. The van der Waals surface area contributed by atoms with Gasteiger partial charge in [0.2, 0.25) is 0 Å². The Morgan fingerprint density at radius 1 is 1.14 bits per heavy atom. The third-order valence-electron chi connectivity index (χ3n) is 5.48. The zero-order valence-corrected chi connectivity index (χ0v) is 16.1. The Kier molecular flexibility index (Phi) is 3.76. The van der Waals surface area contributed by atoms with Crippen molar-refractivity contribution in [1.29, 1.82) is 0 Å². The highest BCUT2D eigenvalue weighted by Crippen LogP contribution is 2.37. The first-order valence-corrected chi connectivity index (χ1v) is 9.39. The molecule has 0 spiro atoms. The molecule has 10 nitrogen and oxygen atoms in total. The number of aromatic nitrogens is 5. The molecule has 10 heteroatoms. The van der Waals surface area contributed by atoms with Gasteiger partial charge in [0.1, 0.15) is 5.60 Å². The molecule has 3 aromatic rings. The molecule has 2 aliphatic rings. The summed E-state index contributed by atoms with van der Waals surface area (Å²) in [6.07, 6.45) is 3.31. The summed E-state index contributed by atoms with van der Waals surface area (Å²) in [5.74, 6) is 0.185. The molecule has 2 aromatic heterocycles. The van der Waals surface area contributed by atoms with Crippen LogP contribution < -0.4 is 4.90 Å². The maximum absolute atomic E-state index is 13.2. The number of piperazine rings is 1. The van der Waals surface area contributed by atoms with Crippen LogP contribution in [0.4, 0.5) is 5.82 Å². The summed E-state index contributed by atoms with van der Waals surface area (Å²) >= 11 is 0. The fourth-order valence-electron chi connectivity index (χ4n) is 3.98. The van der Waals surface area contributed by atoms with Crippen LogP contribution in [0.1, 0.15) is 40.1 Å². The molecule has 1 amide bonds. The van der Waals surface area contributed by atoms with Crippen molar-refractivity contribution in [2.45, 2.75) is 19.4 Å². The topological polar surface area (TPSA) is 106 Å². The van der Waals surface area contributed by atoms with Crippen LogP contribution in [0.5, 0.6) is 0 Å². The number of benzene rings is 1. The second kappa shape index (κ2) is 6.23. The zero-order valence-electron chi connectivity index (χ0n) is 16.1. The first kappa shape index (κ1) is 17.5. The van der Waals surface area contributed by atoms with Gasteiger partial charge in [-0.3, -0.25) is 9.78 Å². The van der Waals surface area contributed by atoms with Gasteiger partial charge in [0, 0.05) is 31.7 Å². The number of carbonyl (C=O) groups is 2. The maximum atomic E-state index is 13.2. The molecule has 4 heterocycles. The normalized spacial score (nSPS) is 18.1. The first-order valence-electron chi connectivity index (χ1n) is 9.39. The molecule has 5 rings (SSSR count). The minimum atomic E-state index is -0.723. The fraction of sp³-hybridized carbons (Fsp3) is 0.368. The van der Waals surface area contributed by atoms with E-state index in [1.165, 1.54) is 0 Å². The number of carbonyl (C=O) groups excluding carboxylic acids is 2. The predicted molar refractivity (Wildman–Crippen MR) is 102 cm³/mol. The molecule has 1 saturated heterocycles. The Balaban J connectivity index is 1.37. The second-order valence-corrected chi connectivity index (χ2v) is 7.62. The van der Waals surface area contributed by atoms with Crippen molar-refractivity contribution in [2.75, 3.05) is 31.1 Å². The highest BCUT2D eigenvalue weighted by molar-refractivity contribution is 6.08. The lowest BCUT2D eigenvalue weighted by atomic mass is 9.92. The molecule has 0 saturated carbocycles. The summed E-state index contributed by atoms with van der Waals surface area (Å²) in [7, 11) is 0. The van der Waals surface area contributed by atoms with Gasteiger partial charge >= 0.3 is 5.97 Å². The summed E-state index contributed by atoms with van der Waals surface area (Å²) in [5, 5.41) is 11.6. The summed E-state index contributed by atoms with van der Waals surface area (Å²) in [5.41, 5.74) is 1.38. The Labute approximate surface area is 166 Å². The number of hydrogen-bond acceptors (Lipinski definition) is 8. The van der Waals surface area contributed by atoms with Gasteiger partial charge in [0.15, 0.2) is 11.5 Å². The van der Waals surface area contributed by atoms with E-state index in [1.54, 1.807) is 33.9 Å². The Hall–Kier alpha value is -3.56. The SMILES string of the molecule is CC1(C)OC(=O)c2c(C(=O)N3CCN(c4cncc5nnnn45)CC3)cccc21. The van der Waals surface area contributed by atoms with Gasteiger partial charge in [-0.1, -0.05) is 12.1 Å². The number of cyclic esters (lactones) is 1. The van der Waals surface area contributed by atoms with E-state index in [2.05, 4.69) is 25.4 Å². The van der Waals surface area contributed by atoms with Crippen LogP contribution in [-0.2, 0) is 10.3 Å². The van der Waals surface area contributed by atoms with Crippen LogP contribution >= 0.6 is 0 Å². The average molecular weight is 393 g/mol. The molecule has 0 bridgehead atoms. The standard InChI is InChI=1S/C19H19N7O3/c1-19(2)13-5-3-4-12(16(13)18(28)29-19)17(27)25-8-6-24(7-9-25)15-11-20-10-14-21-22-23-26(14)15/h3-5,10-11H,6-9H2,1-2H3. The van der Waals surface area contributed by atoms with Crippen molar-refractivity contribution < 1.29 is 14.3 Å². The van der Waals surface area contributed by atoms with Crippen molar-refractivity contribution in [3.63, 3.8) is 0 Å². The van der Waals surface area contributed by atoms with Crippen LogP contribution in [0.3, 0.4) is 0 Å². The van der Waals surface area contributed by atoms with Crippen molar-refractivity contribution in [2.24, 2.45) is 0 Å². The highest BCUT2D eigenvalue weighted by Gasteiger charge is 2.41. The molecular formula is C19H19N7O3. The van der Waals surface area contributed by atoms with Crippen LogP contribution in [0.2, 0.25) is 0 Å². The first-order chi connectivity index (χ1) is 14.0. The lowest BCUT2D eigenvalue weighted by Gasteiger charge is -2.35. The van der Waals surface area contributed by atoms with Gasteiger partial charge in [-0.05, 0) is 30.3 Å². The molecule has 2 aliphatic heterocycles. The predicted octanol–water partition coefficient (Wildman–Crippen LogP) is 0.887. The van der Waals surface area contributed by atoms with E-state index in [0.29, 0.717) is 43.0 Å². The van der Waals surface area contributed by atoms with Gasteiger partial charge in [-0.15, -0.1) is 5.10 Å². The minimum absolute atomic E-state index is 0.157. The lowest BCUT2D eigenvalue weighted by Crippen LogP contribution is -2.49. The van der Waals surface area contributed by atoms with Crippen molar-refractivity contribution in [3.8, 4) is 0 Å². The number of esters is 1. The monoisotopic (exact) mass is 393 g/mol. The Bertz CT molecular complexity index is 1130. The van der Waals surface area contributed by atoms with Crippen molar-refractivity contribution in [1.82, 2.24) is 29.9 Å². The minimum Gasteiger partial charge on any atom is -0.451 e. The number of amides is 1. The molecule has 0 aliphatic carbocycles. The van der Waals surface area contributed by atoms with Gasteiger partial charge in [0.25, 0.3) is 5.91 Å². The van der Waals surface area contributed by atoms with Crippen LogP contribution in [0, 0.1) is 0 Å². The molecule has 29 heavy (non-hydrogen) atoms. The number of tetrazole rings is 1. The van der Waals surface area contributed by atoms with E-state index in [4.69, 9.17) is 4.74 Å². The average Bonchev–Trinajstić information content (AvgIpc) is 3.29. The number of nitrogens with zero attached hydrogens (tertiary/aromatic N) is 7. The van der Waals surface area contributed by atoms with E-state index >= 15 is 0 Å². The number of fused-ring (bicyclic) bond motifs is 2. The number of rotatable bonds is 2. The molecule has 148 valence electrons. The van der Waals surface area contributed by atoms with Gasteiger partial charge in [-0.2, -0.15) is 4.52 Å². The third-order valence-corrected chi connectivity index (χ3v) is 5.48. The van der Waals surface area contributed by atoms with Gasteiger partial charge < -0.3 is 14.5 Å². The molecule has 1 aromatic carbocycles. The van der Waals surface area contributed by atoms with Crippen LogP contribution in [-0.4, -0.2) is 68.0 Å².